The van der Waals surface area contributed by atoms with E-state index in [9.17, 15) is 0 Å². The fraction of sp³-hybridized carbons (Fsp3) is 0. The third kappa shape index (κ3) is 8.82. The number of rotatable bonds is 0. The van der Waals surface area contributed by atoms with E-state index in [4.69, 9.17) is 0 Å². The molecule has 0 bridgehead atoms. The van der Waals surface area contributed by atoms with Gasteiger partial charge < -0.3 is 29.7 Å². The van der Waals surface area contributed by atoms with Gasteiger partial charge in [-0.05, 0) is 0 Å². The van der Waals surface area contributed by atoms with Gasteiger partial charge in [0, 0.05) is 0 Å². The Morgan fingerprint density at radius 3 is 0.500 bits per heavy atom. The molecule has 0 amide bonds. The van der Waals surface area contributed by atoms with Crippen LogP contribution in [-0.2, 0) is 0 Å². The summed E-state index contributed by atoms with van der Waals surface area (Å²) in [6, 6.07) is 0. The van der Waals surface area contributed by atoms with E-state index in [2.05, 4.69) is 0 Å². The molecule has 0 radical (unpaired) electrons. The van der Waals surface area contributed by atoms with Gasteiger partial charge >= 0.3 is 37.7 Å². The Labute approximate surface area is 66.7 Å². The molecule has 4 heteroatoms. The van der Waals surface area contributed by atoms with Crippen molar-refractivity contribution in [3.8, 4) is 0 Å². The van der Waals surface area contributed by atoms with E-state index in [0.29, 0.717) is 0 Å². The van der Waals surface area contributed by atoms with E-state index in [0.717, 1.165) is 0 Å². The van der Waals surface area contributed by atoms with Crippen LogP contribution in [0.5, 0.6) is 0 Å². The molecule has 0 aromatic rings. The second-order valence-electron chi connectivity index (χ2n) is 0. The molecule has 4 heavy (non-hydrogen) atoms. The van der Waals surface area contributed by atoms with Crippen molar-refractivity contribution in [2.75, 3.05) is 0 Å². The maximum absolute atomic E-state index is 0. The molecule has 0 unspecified atom stereocenters. The second-order valence-corrected chi connectivity index (χ2v) is 0. The SMILES string of the molecule is [Ca+2].[P-3].[P-3].[P-3]. The summed E-state index contributed by atoms with van der Waals surface area (Å²) in [4.78, 5) is 0. The molecule has 0 rings (SSSR count). The van der Waals surface area contributed by atoms with Crippen LogP contribution < -0.4 is 0 Å². The van der Waals surface area contributed by atoms with E-state index in [1.165, 1.54) is 0 Å². The van der Waals surface area contributed by atoms with E-state index in [1.54, 1.807) is 0 Å². The summed E-state index contributed by atoms with van der Waals surface area (Å²) in [7, 11) is 0. The van der Waals surface area contributed by atoms with Crippen molar-refractivity contribution in [2.24, 2.45) is 0 Å². The first-order valence-electron chi connectivity index (χ1n) is 0. The maximum atomic E-state index is 0. The van der Waals surface area contributed by atoms with Crippen molar-refractivity contribution in [3.05, 3.63) is 0 Å². The zero-order valence-electron chi connectivity index (χ0n) is 2.05. The number of hydrogen-bond acceptors (Lipinski definition) is 0. The second kappa shape index (κ2) is 17.7. The monoisotopic (exact) mass is 133 g/mol. The Kier molecular flexibility index (Phi) is 137. The Morgan fingerprint density at radius 1 is 0.500 bits per heavy atom. The van der Waals surface area contributed by atoms with Crippen LogP contribution >= 0.6 is 29.7 Å². The molecule has 0 fully saturated rings. The molecule has 0 spiro atoms. The zero-order valence-corrected chi connectivity index (χ0v) is 6.94. The molecule has 0 nitrogen and oxygen atoms in total. The predicted octanol–water partition coefficient (Wildman–Crippen LogP) is 2.20. The molecule has 0 saturated carbocycles. The summed E-state index contributed by atoms with van der Waals surface area (Å²) in [5.41, 5.74) is 0. The van der Waals surface area contributed by atoms with Gasteiger partial charge in [-0.2, -0.15) is 0 Å². The van der Waals surface area contributed by atoms with Crippen LogP contribution in [-0.4, -0.2) is 37.7 Å². The van der Waals surface area contributed by atoms with Gasteiger partial charge in [0.15, 0.2) is 0 Å². The molecule has 0 aromatic heterocycles. The van der Waals surface area contributed by atoms with Crippen molar-refractivity contribution in [1.29, 1.82) is 0 Å². The van der Waals surface area contributed by atoms with E-state index in [-0.39, 0.29) is 67.4 Å². The average Bonchev–Trinajstić information content (AvgIpc) is 0. The summed E-state index contributed by atoms with van der Waals surface area (Å²) < 4.78 is 0. The molecule has 0 saturated heterocycles. The first-order valence-corrected chi connectivity index (χ1v) is 0. The van der Waals surface area contributed by atoms with Gasteiger partial charge in [-0.1, -0.05) is 0 Å². The van der Waals surface area contributed by atoms with Gasteiger partial charge in [-0.3, -0.25) is 0 Å². The van der Waals surface area contributed by atoms with Crippen LogP contribution in [0.3, 0.4) is 0 Å². The topological polar surface area (TPSA) is 0 Å². The summed E-state index contributed by atoms with van der Waals surface area (Å²) in [6.45, 7) is 0. The Balaban J connectivity index is 0. The molecule has 0 aliphatic rings. The van der Waals surface area contributed by atoms with Gasteiger partial charge in [0.2, 0.25) is 0 Å². The molecular formula is CaP3-7. The molecule has 0 atom stereocenters. The van der Waals surface area contributed by atoms with Gasteiger partial charge in [0.25, 0.3) is 0 Å². The Morgan fingerprint density at radius 2 is 0.500 bits per heavy atom. The van der Waals surface area contributed by atoms with Crippen LogP contribution in [0.15, 0.2) is 0 Å². The fourth-order valence-electron chi connectivity index (χ4n) is 0. The third-order valence-corrected chi connectivity index (χ3v) is 0. The summed E-state index contributed by atoms with van der Waals surface area (Å²) >= 11 is 0. The standard InChI is InChI=1S/Ca.3P/q+2;3*-3. The smallest absolute Gasteiger partial charge is 2.00 e. The van der Waals surface area contributed by atoms with Crippen molar-refractivity contribution in [1.82, 2.24) is 0 Å². The maximum Gasteiger partial charge on any atom is 2.00 e. The van der Waals surface area contributed by atoms with Crippen LogP contribution in [0.4, 0.5) is 0 Å². The minimum atomic E-state index is 0. The third-order valence-electron chi connectivity index (χ3n) is 0. The van der Waals surface area contributed by atoms with Gasteiger partial charge in [-0.15, -0.1) is 0 Å². The van der Waals surface area contributed by atoms with Crippen molar-refractivity contribution >= 4 is 67.4 Å². The minimum Gasteiger partial charge on any atom is -3.00 e. The van der Waals surface area contributed by atoms with E-state index < -0.39 is 0 Å². The first kappa shape index (κ1) is 31.0. The molecule has 0 aliphatic heterocycles. The summed E-state index contributed by atoms with van der Waals surface area (Å²) in [6.07, 6.45) is 0. The molecule has 0 N–H and O–H groups in total. The van der Waals surface area contributed by atoms with Gasteiger partial charge in [0.1, 0.15) is 0 Å². The van der Waals surface area contributed by atoms with Crippen LogP contribution in [0.25, 0.3) is 0 Å². The van der Waals surface area contributed by atoms with Crippen LogP contribution in [0.2, 0.25) is 0 Å². The van der Waals surface area contributed by atoms with Crippen molar-refractivity contribution < 1.29 is 0 Å². The van der Waals surface area contributed by atoms with Gasteiger partial charge in [0.05, 0.1) is 0 Å². The molecule has 24 valence electrons. The van der Waals surface area contributed by atoms with E-state index in [1.807, 2.05) is 0 Å². The minimum absolute atomic E-state index is 0. The summed E-state index contributed by atoms with van der Waals surface area (Å²) in [5.74, 6) is 0. The fourth-order valence-corrected chi connectivity index (χ4v) is 0. The van der Waals surface area contributed by atoms with Gasteiger partial charge in [-0.25, -0.2) is 0 Å². The average molecular weight is 133 g/mol. The van der Waals surface area contributed by atoms with E-state index >= 15 is 0 Å². The Hall–Kier alpha value is 2.55. The van der Waals surface area contributed by atoms with Crippen LogP contribution in [0.1, 0.15) is 0 Å². The molecular weight excluding hydrogens is 133 g/mol. The number of hydrogen-bond donors (Lipinski definition) is 0. The van der Waals surface area contributed by atoms with Crippen LogP contribution in [0, 0.1) is 0 Å². The molecule has 0 aromatic carbocycles. The van der Waals surface area contributed by atoms with Crippen molar-refractivity contribution in [2.45, 2.75) is 0 Å². The zero-order chi connectivity index (χ0) is 0. The quantitative estimate of drug-likeness (QED) is 0.351. The largest absolute Gasteiger partial charge is 3.00 e. The normalized spacial score (nSPS) is 0. The Bertz CT molecular complexity index is 3.25. The van der Waals surface area contributed by atoms with Crippen molar-refractivity contribution in [3.63, 3.8) is 0 Å². The molecule has 0 aliphatic carbocycles. The molecule has 0 heterocycles. The summed E-state index contributed by atoms with van der Waals surface area (Å²) in [5, 5.41) is 0. The first-order chi connectivity index (χ1) is 0. The predicted molar refractivity (Wildman–Crippen MR) is 26.5 cm³/mol.